The second-order valence-corrected chi connectivity index (χ2v) is 4.67. The van der Waals surface area contributed by atoms with E-state index in [1.807, 2.05) is 18.2 Å². The van der Waals surface area contributed by atoms with E-state index in [0.717, 1.165) is 11.1 Å². The normalized spacial score (nSPS) is 10.6. The van der Waals surface area contributed by atoms with Gasteiger partial charge in [-0.15, -0.1) is 0 Å². The van der Waals surface area contributed by atoms with Crippen LogP contribution >= 0.6 is 0 Å². The average Bonchev–Trinajstić information content (AvgIpc) is 2.39. The van der Waals surface area contributed by atoms with Crippen LogP contribution in [-0.4, -0.2) is 11.4 Å². The van der Waals surface area contributed by atoms with Gasteiger partial charge in [-0.1, -0.05) is 44.2 Å². The summed E-state index contributed by atoms with van der Waals surface area (Å²) in [5.41, 5.74) is 3.58. The number of carbonyl (C=O) groups is 1. The molecule has 0 spiro atoms. The zero-order valence-corrected chi connectivity index (χ0v) is 10.6. The molecule has 0 aromatic heterocycles. The van der Waals surface area contributed by atoms with Crippen LogP contribution in [0.15, 0.2) is 42.5 Å². The Labute approximate surface area is 107 Å². The van der Waals surface area contributed by atoms with Gasteiger partial charge in [0.1, 0.15) is 5.75 Å². The summed E-state index contributed by atoms with van der Waals surface area (Å²) in [6.07, 6.45) is 0.672. The van der Waals surface area contributed by atoms with Crippen LogP contribution in [0, 0.1) is 0 Å². The highest BCUT2D eigenvalue weighted by Gasteiger charge is 2.05. The SMILES string of the molecule is CC(C)c1cccc(-c2ccc(O)c(C=O)c2)c1. The molecule has 0 heterocycles. The van der Waals surface area contributed by atoms with Crippen molar-refractivity contribution in [2.45, 2.75) is 19.8 Å². The van der Waals surface area contributed by atoms with Crippen LogP contribution in [0.1, 0.15) is 35.7 Å². The molecule has 2 aromatic rings. The molecule has 0 unspecified atom stereocenters. The summed E-state index contributed by atoms with van der Waals surface area (Å²) in [5.74, 6) is 0.487. The highest BCUT2D eigenvalue weighted by Crippen LogP contribution is 2.27. The average molecular weight is 240 g/mol. The van der Waals surface area contributed by atoms with Gasteiger partial charge < -0.3 is 5.11 Å². The fourth-order valence-corrected chi connectivity index (χ4v) is 1.91. The van der Waals surface area contributed by atoms with Crippen LogP contribution in [0.5, 0.6) is 5.75 Å². The van der Waals surface area contributed by atoms with Crippen LogP contribution in [0.2, 0.25) is 0 Å². The number of benzene rings is 2. The predicted molar refractivity (Wildman–Crippen MR) is 73.0 cm³/mol. The largest absolute Gasteiger partial charge is 0.507 e. The zero-order chi connectivity index (χ0) is 13.1. The summed E-state index contributed by atoms with van der Waals surface area (Å²) in [4.78, 5) is 10.8. The van der Waals surface area contributed by atoms with Gasteiger partial charge >= 0.3 is 0 Å². The van der Waals surface area contributed by atoms with Crippen LogP contribution in [-0.2, 0) is 0 Å². The van der Waals surface area contributed by atoms with Gasteiger partial charge in [-0.25, -0.2) is 0 Å². The minimum atomic E-state index is 0.0220. The Morgan fingerprint density at radius 2 is 1.78 bits per heavy atom. The number of aromatic hydroxyl groups is 1. The van der Waals surface area contributed by atoms with E-state index in [0.29, 0.717) is 17.8 Å². The summed E-state index contributed by atoms with van der Waals surface area (Å²) in [6, 6.07) is 13.3. The van der Waals surface area contributed by atoms with Crippen molar-refractivity contribution in [3.63, 3.8) is 0 Å². The number of hydrogen-bond acceptors (Lipinski definition) is 2. The molecule has 2 rings (SSSR count). The van der Waals surface area contributed by atoms with Crippen molar-refractivity contribution in [1.82, 2.24) is 0 Å². The van der Waals surface area contributed by atoms with Gasteiger partial charge in [0.05, 0.1) is 5.56 Å². The van der Waals surface area contributed by atoms with Crippen LogP contribution in [0.3, 0.4) is 0 Å². The minimum Gasteiger partial charge on any atom is -0.507 e. The Bertz CT molecular complexity index is 571. The maximum atomic E-state index is 10.8. The van der Waals surface area contributed by atoms with Crippen LogP contribution < -0.4 is 0 Å². The molecule has 0 saturated heterocycles. The maximum absolute atomic E-state index is 10.8. The Hall–Kier alpha value is -2.09. The van der Waals surface area contributed by atoms with Gasteiger partial charge in [-0.05, 0) is 34.7 Å². The number of phenols is 1. The van der Waals surface area contributed by atoms with E-state index < -0.39 is 0 Å². The van der Waals surface area contributed by atoms with Crippen molar-refractivity contribution in [2.24, 2.45) is 0 Å². The third-order valence-corrected chi connectivity index (χ3v) is 3.04. The molecular weight excluding hydrogens is 224 g/mol. The first kappa shape index (κ1) is 12.4. The van der Waals surface area contributed by atoms with Crippen LogP contribution in [0.25, 0.3) is 11.1 Å². The number of rotatable bonds is 3. The Kier molecular flexibility index (Phi) is 3.47. The maximum Gasteiger partial charge on any atom is 0.153 e. The molecule has 0 aliphatic heterocycles. The summed E-state index contributed by atoms with van der Waals surface area (Å²) in [5, 5.41) is 9.49. The fraction of sp³-hybridized carbons (Fsp3) is 0.188. The molecule has 92 valence electrons. The predicted octanol–water partition coefficient (Wildman–Crippen LogP) is 4.00. The topological polar surface area (TPSA) is 37.3 Å². The number of aldehydes is 1. The highest BCUT2D eigenvalue weighted by atomic mass is 16.3. The molecular formula is C16H16O2. The quantitative estimate of drug-likeness (QED) is 0.823. The van der Waals surface area contributed by atoms with E-state index in [2.05, 4.69) is 26.0 Å². The number of phenolic OH excluding ortho intramolecular Hbond substituents is 1. The van der Waals surface area contributed by atoms with Gasteiger partial charge in [0.15, 0.2) is 6.29 Å². The lowest BCUT2D eigenvalue weighted by Crippen LogP contribution is -1.89. The van der Waals surface area contributed by atoms with Crippen molar-refractivity contribution in [1.29, 1.82) is 0 Å². The molecule has 0 saturated carbocycles. The molecule has 0 aliphatic carbocycles. The van der Waals surface area contributed by atoms with E-state index in [-0.39, 0.29) is 5.75 Å². The van der Waals surface area contributed by atoms with Gasteiger partial charge in [0.2, 0.25) is 0 Å². The molecule has 0 radical (unpaired) electrons. The Balaban J connectivity index is 2.48. The van der Waals surface area contributed by atoms with E-state index in [1.165, 1.54) is 5.56 Å². The van der Waals surface area contributed by atoms with Gasteiger partial charge in [-0.2, -0.15) is 0 Å². The Morgan fingerprint density at radius 3 is 2.44 bits per heavy atom. The van der Waals surface area contributed by atoms with Crippen molar-refractivity contribution in [3.8, 4) is 16.9 Å². The monoisotopic (exact) mass is 240 g/mol. The van der Waals surface area contributed by atoms with E-state index in [4.69, 9.17) is 0 Å². The molecule has 2 nitrogen and oxygen atoms in total. The van der Waals surface area contributed by atoms with E-state index in [9.17, 15) is 9.90 Å². The summed E-state index contributed by atoms with van der Waals surface area (Å²) >= 11 is 0. The second kappa shape index (κ2) is 5.05. The summed E-state index contributed by atoms with van der Waals surface area (Å²) in [7, 11) is 0. The van der Waals surface area contributed by atoms with E-state index >= 15 is 0 Å². The molecule has 18 heavy (non-hydrogen) atoms. The third kappa shape index (κ3) is 2.43. The first-order valence-corrected chi connectivity index (χ1v) is 6.00. The van der Waals surface area contributed by atoms with Crippen molar-refractivity contribution < 1.29 is 9.90 Å². The smallest absolute Gasteiger partial charge is 0.153 e. The first-order chi connectivity index (χ1) is 8.61. The fourth-order valence-electron chi connectivity index (χ4n) is 1.91. The summed E-state index contributed by atoms with van der Waals surface area (Å²) < 4.78 is 0. The first-order valence-electron chi connectivity index (χ1n) is 6.00. The lowest BCUT2D eigenvalue weighted by atomic mass is 9.96. The van der Waals surface area contributed by atoms with Crippen molar-refractivity contribution in [3.05, 3.63) is 53.6 Å². The van der Waals surface area contributed by atoms with Gasteiger partial charge in [-0.3, -0.25) is 4.79 Å². The number of hydrogen-bond donors (Lipinski definition) is 1. The van der Waals surface area contributed by atoms with Crippen molar-refractivity contribution >= 4 is 6.29 Å². The Morgan fingerprint density at radius 1 is 1.06 bits per heavy atom. The van der Waals surface area contributed by atoms with Gasteiger partial charge in [0.25, 0.3) is 0 Å². The number of carbonyl (C=O) groups excluding carboxylic acids is 1. The lowest BCUT2D eigenvalue weighted by molar-refractivity contribution is 0.112. The molecule has 0 amide bonds. The zero-order valence-electron chi connectivity index (χ0n) is 10.6. The van der Waals surface area contributed by atoms with Gasteiger partial charge in [0, 0.05) is 0 Å². The minimum absolute atomic E-state index is 0.0220. The molecule has 0 atom stereocenters. The van der Waals surface area contributed by atoms with Crippen LogP contribution in [0.4, 0.5) is 0 Å². The molecule has 0 fully saturated rings. The highest BCUT2D eigenvalue weighted by molar-refractivity contribution is 5.82. The van der Waals surface area contributed by atoms with Crippen molar-refractivity contribution in [2.75, 3.05) is 0 Å². The van der Waals surface area contributed by atoms with E-state index in [1.54, 1.807) is 12.1 Å². The lowest BCUT2D eigenvalue weighted by Gasteiger charge is -2.09. The second-order valence-electron chi connectivity index (χ2n) is 4.67. The molecule has 2 aromatic carbocycles. The third-order valence-electron chi connectivity index (χ3n) is 3.04. The standard InChI is InChI=1S/C16H16O2/c1-11(2)12-4-3-5-13(8-12)14-6-7-16(18)15(9-14)10-17/h3-11,18H,1-2H3. The molecule has 0 aliphatic rings. The summed E-state index contributed by atoms with van der Waals surface area (Å²) in [6.45, 7) is 4.29. The molecule has 0 bridgehead atoms. The molecule has 1 N–H and O–H groups in total. The molecule has 2 heteroatoms.